The number of sulfone groups is 1. The molecule has 1 atom stereocenters. The average molecular weight is 319 g/mol. The third kappa shape index (κ3) is 4.82. The first-order valence-corrected chi connectivity index (χ1v) is 9.18. The van der Waals surface area contributed by atoms with Gasteiger partial charge >= 0.3 is 6.03 Å². The van der Waals surface area contributed by atoms with Crippen molar-refractivity contribution in [2.24, 2.45) is 0 Å². The SMILES string of the molecule is CC(C)(CNC(=O)N[C@@H]1CCS(=O)(=O)C1)N1CCOCC1. The molecular weight excluding hydrogens is 294 g/mol. The Morgan fingerprint density at radius 3 is 2.57 bits per heavy atom. The van der Waals surface area contributed by atoms with Crippen molar-refractivity contribution in [3.05, 3.63) is 0 Å². The Morgan fingerprint density at radius 2 is 2.00 bits per heavy atom. The number of ether oxygens (including phenoxy) is 1. The van der Waals surface area contributed by atoms with Crippen LogP contribution >= 0.6 is 0 Å². The molecule has 7 nitrogen and oxygen atoms in total. The van der Waals surface area contributed by atoms with Crippen LogP contribution in [0.5, 0.6) is 0 Å². The van der Waals surface area contributed by atoms with E-state index >= 15 is 0 Å². The van der Waals surface area contributed by atoms with E-state index in [-0.39, 0.29) is 29.1 Å². The summed E-state index contributed by atoms with van der Waals surface area (Å²) in [5, 5.41) is 5.58. The van der Waals surface area contributed by atoms with E-state index in [1.165, 1.54) is 0 Å². The van der Waals surface area contributed by atoms with Crippen LogP contribution in [0, 0.1) is 0 Å². The lowest BCUT2D eigenvalue weighted by molar-refractivity contribution is -0.00876. The number of amides is 2. The van der Waals surface area contributed by atoms with E-state index in [1.807, 2.05) is 0 Å². The van der Waals surface area contributed by atoms with E-state index in [0.29, 0.717) is 13.0 Å². The predicted octanol–water partition coefficient (Wildman–Crippen LogP) is -0.416. The van der Waals surface area contributed by atoms with Crippen molar-refractivity contribution in [2.75, 3.05) is 44.4 Å². The van der Waals surface area contributed by atoms with Gasteiger partial charge in [-0.15, -0.1) is 0 Å². The monoisotopic (exact) mass is 319 g/mol. The molecule has 2 aliphatic heterocycles. The minimum atomic E-state index is -2.97. The minimum Gasteiger partial charge on any atom is -0.379 e. The standard InChI is InChI=1S/C13H25N3O4S/c1-13(2,16-4-6-20-7-5-16)10-14-12(17)15-11-3-8-21(18,19)9-11/h11H,3-10H2,1-2H3,(H2,14,15,17)/t11-/m1/s1. The van der Waals surface area contributed by atoms with E-state index in [4.69, 9.17) is 4.74 Å². The molecule has 0 spiro atoms. The zero-order chi connectivity index (χ0) is 15.5. The van der Waals surface area contributed by atoms with Gasteiger partial charge in [-0.2, -0.15) is 0 Å². The average Bonchev–Trinajstić information content (AvgIpc) is 2.77. The van der Waals surface area contributed by atoms with Crippen LogP contribution in [0.15, 0.2) is 0 Å². The molecule has 0 radical (unpaired) electrons. The lowest BCUT2D eigenvalue weighted by Crippen LogP contribution is -2.56. The molecule has 21 heavy (non-hydrogen) atoms. The summed E-state index contributed by atoms with van der Waals surface area (Å²) >= 11 is 0. The van der Waals surface area contributed by atoms with Crippen molar-refractivity contribution < 1.29 is 17.9 Å². The second-order valence-corrected chi connectivity index (χ2v) is 8.57. The number of hydrogen-bond acceptors (Lipinski definition) is 5. The molecule has 2 heterocycles. The van der Waals surface area contributed by atoms with Gasteiger partial charge in [-0.3, -0.25) is 4.90 Å². The fraction of sp³-hybridized carbons (Fsp3) is 0.923. The van der Waals surface area contributed by atoms with E-state index < -0.39 is 9.84 Å². The summed E-state index contributed by atoms with van der Waals surface area (Å²) in [7, 11) is -2.97. The number of nitrogens with zero attached hydrogens (tertiary/aromatic N) is 1. The molecule has 2 N–H and O–H groups in total. The molecule has 0 aromatic rings. The number of nitrogens with one attached hydrogen (secondary N) is 2. The van der Waals surface area contributed by atoms with Gasteiger partial charge < -0.3 is 15.4 Å². The highest BCUT2D eigenvalue weighted by Crippen LogP contribution is 2.15. The summed E-state index contributed by atoms with van der Waals surface area (Å²) < 4.78 is 28.0. The quantitative estimate of drug-likeness (QED) is 0.735. The van der Waals surface area contributed by atoms with E-state index in [1.54, 1.807) is 0 Å². The Morgan fingerprint density at radius 1 is 1.33 bits per heavy atom. The molecule has 2 amide bonds. The summed E-state index contributed by atoms with van der Waals surface area (Å²) in [4.78, 5) is 14.2. The Kier molecular flexibility index (Phi) is 5.11. The van der Waals surface area contributed by atoms with Gasteiger partial charge in [0, 0.05) is 31.2 Å². The fourth-order valence-electron chi connectivity index (χ4n) is 2.72. The normalized spacial score (nSPS) is 26.5. The molecule has 0 aliphatic carbocycles. The lowest BCUT2D eigenvalue weighted by Gasteiger charge is -2.40. The van der Waals surface area contributed by atoms with Gasteiger partial charge in [0.25, 0.3) is 0 Å². The molecule has 0 saturated carbocycles. The number of carbonyl (C=O) groups is 1. The first-order valence-electron chi connectivity index (χ1n) is 7.36. The van der Waals surface area contributed by atoms with Gasteiger partial charge in [0.1, 0.15) is 0 Å². The summed E-state index contributed by atoms with van der Waals surface area (Å²) in [5.74, 6) is 0.213. The molecule has 8 heteroatoms. The molecule has 2 rings (SSSR count). The highest BCUT2D eigenvalue weighted by Gasteiger charge is 2.31. The molecule has 0 aromatic heterocycles. The number of rotatable bonds is 4. The van der Waals surface area contributed by atoms with Crippen LogP contribution in [0.3, 0.4) is 0 Å². The van der Waals surface area contributed by atoms with Gasteiger partial charge in [-0.25, -0.2) is 13.2 Å². The second kappa shape index (κ2) is 6.50. The van der Waals surface area contributed by atoms with Crippen LogP contribution in [0.25, 0.3) is 0 Å². The molecule has 0 bridgehead atoms. The zero-order valence-corrected chi connectivity index (χ0v) is 13.5. The third-order valence-electron chi connectivity index (χ3n) is 4.12. The smallest absolute Gasteiger partial charge is 0.315 e. The topological polar surface area (TPSA) is 87.7 Å². The van der Waals surface area contributed by atoms with Crippen LogP contribution in [-0.4, -0.2) is 75.3 Å². The van der Waals surface area contributed by atoms with E-state index in [0.717, 1.165) is 26.3 Å². The molecule has 0 aromatic carbocycles. The Bertz CT molecular complexity index is 472. The summed E-state index contributed by atoms with van der Waals surface area (Å²) in [5.41, 5.74) is -0.150. The summed E-state index contributed by atoms with van der Waals surface area (Å²) in [6.45, 7) is 7.83. The number of hydrogen-bond donors (Lipinski definition) is 2. The Labute approximate surface area is 126 Å². The van der Waals surface area contributed by atoms with Gasteiger partial charge in [0.15, 0.2) is 9.84 Å². The van der Waals surface area contributed by atoms with Crippen molar-refractivity contribution in [3.8, 4) is 0 Å². The van der Waals surface area contributed by atoms with Crippen LogP contribution in [0.1, 0.15) is 20.3 Å². The third-order valence-corrected chi connectivity index (χ3v) is 5.88. The zero-order valence-electron chi connectivity index (χ0n) is 12.7. The first kappa shape index (κ1) is 16.5. The molecule has 2 fully saturated rings. The van der Waals surface area contributed by atoms with E-state index in [9.17, 15) is 13.2 Å². The van der Waals surface area contributed by atoms with Crippen LogP contribution in [-0.2, 0) is 14.6 Å². The minimum absolute atomic E-state index is 0.0489. The van der Waals surface area contributed by atoms with Gasteiger partial charge in [-0.1, -0.05) is 0 Å². The Balaban J connectivity index is 1.75. The highest BCUT2D eigenvalue weighted by molar-refractivity contribution is 7.91. The van der Waals surface area contributed by atoms with Crippen LogP contribution in [0.4, 0.5) is 4.79 Å². The molecule has 2 aliphatic rings. The van der Waals surface area contributed by atoms with Crippen molar-refractivity contribution in [3.63, 3.8) is 0 Å². The summed E-state index contributed by atoms with van der Waals surface area (Å²) in [6.07, 6.45) is 0.503. The first-order chi connectivity index (χ1) is 9.78. The predicted molar refractivity (Wildman–Crippen MR) is 80.1 cm³/mol. The number of urea groups is 1. The maximum Gasteiger partial charge on any atom is 0.315 e. The van der Waals surface area contributed by atoms with Crippen molar-refractivity contribution in [1.29, 1.82) is 0 Å². The summed E-state index contributed by atoms with van der Waals surface area (Å²) in [6, 6.07) is -0.556. The molecule has 2 saturated heterocycles. The fourth-order valence-corrected chi connectivity index (χ4v) is 4.40. The van der Waals surface area contributed by atoms with Gasteiger partial charge in [0.05, 0.1) is 24.7 Å². The van der Waals surface area contributed by atoms with Crippen molar-refractivity contribution in [1.82, 2.24) is 15.5 Å². The van der Waals surface area contributed by atoms with Gasteiger partial charge in [-0.05, 0) is 20.3 Å². The van der Waals surface area contributed by atoms with Gasteiger partial charge in [0.2, 0.25) is 0 Å². The van der Waals surface area contributed by atoms with Crippen molar-refractivity contribution >= 4 is 15.9 Å². The Hall–Kier alpha value is -0.860. The maximum atomic E-state index is 11.9. The van der Waals surface area contributed by atoms with Crippen molar-refractivity contribution in [2.45, 2.75) is 31.8 Å². The molecule has 0 unspecified atom stereocenters. The largest absolute Gasteiger partial charge is 0.379 e. The number of carbonyl (C=O) groups excluding carboxylic acids is 1. The lowest BCUT2D eigenvalue weighted by atomic mass is 10.0. The van der Waals surface area contributed by atoms with Crippen LogP contribution < -0.4 is 10.6 Å². The highest BCUT2D eigenvalue weighted by atomic mass is 32.2. The van der Waals surface area contributed by atoms with Crippen LogP contribution in [0.2, 0.25) is 0 Å². The molecule has 122 valence electrons. The van der Waals surface area contributed by atoms with E-state index in [2.05, 4.69) is 29.4 Å². The molecular formula is C13H25N3O4S. The maximum absolute atomic E-state index is 11.9. The second-order valence-electron chi connectivity index (χ2n) is 6.34. The number of morpholine rings is 1.